The van der Waals surface area contributed by atoms with E-state index in [1.165, 1.54) is 0 Å². The Labute approximate surface area is 137 Å². The summed E-state index contributed by atoms with van der Waals surface area (Å²) < 4.78 is 0. The number of hydrogen-bond acceptors (Lipinski definition) is 4. The van der Waals surface area contributed by atoms with Gasteiger partial charge in [0.2, 0.25) is 11.8 Å². The number of carbonyl (C=O) groups is 2. The summed E-state index contributed by atoms with van der Waals surface area (Å²) in [5, 5.41) is 2.58. The molecule has 1 rings (SSSR count). The molecule has 0 saturated carbocycles. The molecule has 0 saturated heterocycles. The van der Waals surface area contributed by atoms with Crippen LogP contribution in [0.2, 0.25) is 0 Å². The molecule has 0 radical (unpaired) electrons. The summed E-state index contributed by atoms with van der Waals surface area (Å²) in [7, 11) is 1.71. The predicted octanol–water partition coefficient (Wildman–Crippen LogP) is 1.12. The lowest BCUT2D eigenvalue weighted by molar-refractivity contribution is -0.133. The van der Waals surface area contributed by atoms with E-state index in [1.807, 2.05) is 32.9 Å². The molecule has 2 atom stereocenters. The van der Waals surface area contributed by atoms with E-state index in [0.717, 1.165) is 5.56 Å². The highest BCUT2D eigenvalue weighted by atomic mass is 35.5. The van der Waals surface area contributed by atoms with Crippen molar-refractivity contribution in [2.24, 2.45) is 11.7 Å². The molecule has 0 spiro atoms. The molecule has 2 amide bonds. The Morgan fingerprint density at radius 2 is 1.82 bits per heavy atom. The van der Waals surface area contributed by atoms with E-state index in [2.05, 4.69) is 10.3 Å². The average Bonchev–Trinajstić information content (AvgIpc) is 2.50. The first-order valence-electron chi connectivity index (χ1n) is 7.03. The number of nitrogens with one attached hydrogen (secondary N) is 1. The maximum Gasteiger partial charge on any atom is 0.242 e. The summed E-state index contributed by atoms with van der Waals surface area (Å²) in [6, 6.07) is 3.04. The smallest absolute Gasteiger partial charge is 0.242 e. The van der Waals surface area contributed by atoms with Gasteiger partial charge in [-0.25, -0.2) is 0 Å². The van der Waals surface area contributed by atoms with Crippen LogP contribution < -0.4 is 11.1 Å². The van der Waals surface area contributed by atoms with Crippen molar-refractivity contribution in [2.75, 3.05) is 13.6 Å². The van der Waals surface area contributed by atoms with Crippen LogP contribution in [0.5, 0.6) is 0 Å². The van der Waals surface area contributed by atoms with Crippen LogP contribution in [0.4, 0.5) is 0 Å². The molecule has 0 fully saturated rings. The second kappa shape index (κ2) is 9.38. The highest BCUT2D eigenvalue weighted by Gasteiger charge is 2.21. The summed E-state index contributed by atoms with van der Waals surface area (Å²) in [5.74, 6) is -0.430. The lowest BCUT2D eigenvalue weighted by Gasteiger charge is -2.25. The Balaban J connectivity index is 0.00000441. The van der Waals surface area contributed by atoms with E-state index in [1.54, 1.807) is 24.3 Å². The number of rotatable bonds is 6. The van der Waals surface area contributed by atoms with Gasteiger partial charge in [0.25, 0.3) is 0 Å². The molecule has 0 aromatic carbocycles. The highest BCUT2D eigenvalue weighted by Crippen LogP contribution is 2.17. The minimum absolute atomic E-state index is 0. The second-order valence-corrected chi connectivity index (χ2v) is 5.45. The number of carbonyl (C=O) groups excluding carboxylic acids is 2. The first-order valence-corrected chi connectivity index (χ1v) is 7.03. The molecule has 0 bridgehead atoms. The van der Waals surface area contributed by atoms with E-state index < -0.39 is 6.04 Å². The van der Waals surface area contributed by atoms with Crippen LogP contribution in [0.15, 0.2) is 24.5 Å². The Morgan fingerprint density at radius 1 is 1.27 bits per heavy atom. The summed E-state index contributed by atoms with van der Waals surface area (Å²) in [6.07, 6.45) is 3.38. The van der Waals surface area contributed by atoms with Crippen LogP contribution in [0, 0.1) is 5.92 Å². The number of halogens is 1. The first-order chi connectivity index (χ1) is 9.84. The van der Waals surface area contributed by atoms with Crippen molar-refractivity contribution >= 4 is 24.2 Å². The number of aromatic nitrogens is 1. The number of nitrogens with two attached hydrogens (primary N) is 1. The molecule has 124 valence electrons. The number of likely N-dealkylation sites (N-methyl/N-ethyl adjacent to an activating group) is 1. The van der Waals surface area contributed by atoms with Crippen LogP contribution in [0.25, 0.3) is 0 Å². The van der Waals surface area contributed by atoms with Gasteiger partial charge >= 0.3 is 0 Å². The summed E-state index contributed by atoms with van der Waals surface area (Å²) in [5.41, 5.74) is 6.72. The van der Waals surface area contributed by atoms with E-state index in [-0.39, 0.29) is 42.7 Å². The summed E-state index contributed by atoms with van der Waals surface area (Å²) in [4.78, 5) is 29.4. The van der Waals surface area contributed by atoms with Gasteiger partial charge in [0.05, 0.1) is 18.6 Å². The zero-order valence-corrected chi connectivity index (χ0v) is 14.3. The molecule has 1 unspecified atom stereocenters. The minimum Gasteiger partial charge on any atom is -0.346 e. The van der Waals surface area contributed by atoms with Crippen LogP contribution >= 0.6 is 12.4 Å². The predicted molar refractivity (Wildman–Crippen MR) is 88.5 cm³/mol. The molecule has 1 aromatic rings. The van der Waals surface area contributed by atoms with Crippen LogP contribution in [0.1, 0.15) is 32.4 Å². The SMILES string of the molecule is CC(C)[C@H](N)C(=O)NCC(=O)N(C)C(C)c1ccncc1.Cl. The van der Waals surface area contributed by atoms with Crippen molar-refractivity contribution in [3.8, 4) is 0 Å². The largest absolute Gasteiger partial charge is 0.346 e. The fraction of sp³-hybridized carbons (Fsp3) is 0.533. The van der Waals surface area contributed by atoms with E-state index in [0.29, 0.717) is 0 Å². The van der Waals surface area contributed by atoms with Crippen molar-refractivity contribution in [1.29, 1.82) is 0 Å². The normalized spacial score (nSPS) is 13.0. The van der Waals surface area contributed by atoms with E-state index in [9.17, 15) is 9.59 Å². The fourth-order valence-electron chi connectivity index (χ4n) is 1.79. The number of hydrogen-bond donors (Lipinski definition) is 2. The van der Waals surface area contributed by atoms with Gasteiger partial charge in [-0.2, -0.15) is 0 Å². The molecular formula is C15H25ClN4O2. The first kappa shape index (κ1) is 20.3. The minimum atomic E-state index is -0.597. The Morgan fingerprint density at radius 3 is 2.32 bits per heavy atom. The van der Waals surface area contributed by atoms with E-state index >= 15 is 0 Å². The lowest BCUT2D eigenvalue weighted by Crippen LogP contribution is -2.47. The highest BCUT2D eigenvalue weighted by molar-refractivity contribution is 5.87. The zero-order chi connectivity index (χ0) is 16.0. The topological polar surface area (TPSA) is 88.3 Å². The molecule has 1 aromatic heterocycles. The maximum atomic E-state index is 12.1. The van der Waals surface area contributed by atoms with Gasteiger partial charge < -0.3 is 16.0 Å². The van der Waals surface area contributed by atoms with Gasteiger partial charge in [-0.3, -0.25) is 14.6 Å². The van der Waals surface area contributed by atoms with Crippen LogP contribution in [-0.2, 0) is 9.59 Å². The second-order valence-electron chi connectivity index (χ2n) is 5.45. The molecule has 1 heterocycles. The molecule has 6 nitrogen and oxygen atoms in total. The molecule has 0 aliphatic carbocycles. The van der Waals surface area contributed by atoms with Gasteiger partial charge in [-0.1, -0.05) is 13.8 Å². The summed E-state index contributed by atoms with van der Waals surface area (Å²) in [6.45, 7) is 5.60. The lowest BCUT2D eigenvalue weighted by atomic mass is 10.1. The van der Waals surface area contributed by atoms with Gasteiger partial charge in [0.1, 0.15) is 0 Å². The Bertz CT molecular complexity index is 482. The Hall–Kier alpha value is -1.66. The van der Waals surface area contributed by atoms with Crippen molar-refractivity contribution in [3.63, 3.8) is 0 Å². The van der Waals surface area contributed by atoms with Gasteiger partial charge in [0.15, 0.2) is 0 Å². The molecule has 7 heteroatoms. The molecular weight excluding hydrogens is 304 g/mol. The molecule has 0 aliphatic heterocycles. The number of amides is 2. The third-order valence-corrected chi connectivity index (χ3v) is 3.60. The molecule has 3 N–H and O–H groups in total. The van der Waals surface area contributed by atoms with E-state index in [4.69, 9.17) is 5.73 Å². The third-order valence-electron chi connectivity index (χ3n) is 3.60. The van der Waals surface area contributed by atoms with Gasteiger partial charge in [-0.05, 0) is 30.5 Å². The van der Waals surface area contributed by atoms with Crippen molar-refractivity contribution in [1.82, 2.24) is 15.2 Å². The molecule has 22 heavy (non-hydrogen) atoms. The zero-order valence-electron chi connectivity index (χ0n) is 13.4. The van der Waals surface area contributed by atoms with Crippen molar-refractivity contribution in [2.45, 2.75) is 32.9 Å². The number of pyridine rings is 1. The average molecular weight is 329 g/mol. The quantitative estimate of drug-likeness (QED) is 0.819. The van der Waals surface area contributed by atoms with Gasteiger partial charge in [-0.15, -0.1) is 12.4 Å². The van der Waals surface area contributed by atoms with Gasteiger partial charge in [0, 0.05) is 19.4 Å². The monoisotopic (exact) mass is 328 g/mol. The fourth-order valence-corrected chi connectivity index (χ4v) is 1.79. The Kier molecular flexibility index (Phi) is 8.67. The van der Waals surface area contributed by atoms with Crippen LogP contribution in [0.3, 0.4) is 0 Å². The standard InChI is InChI=1S/C15H24N4O2.ClH/c1-10(2)14(16)15(21)18-9-13(20)19(4)11(3)12-5-7-17-8-6-12;/h5-8,10-11,14H,9,16H2,1-4H3,(H,18,21);1H/t11?,14-;/m0./s1. The molecule has 0 aliphatic rings. The van der Waals surface area contributed by atoms with Crippen molar-refractivity contribution in [3.05, 3.63) is 30.1 Å². The van der Waals surface area contributed by atoms with Crippen molar-refractivity contribution < 1.29 is 9.59 Å². The third kappa shape index (κ3) is 5.61. The van der Waals surface area contributed by atoms with Crippen LogP contribution in [-0.4, -0.2) is 41.3 Å². The number of nitrogens with zero attached hydrogens (tertiary/aromatic N) is 2. The summed E-state index contributed by atoms with van der Waals surface area (Å²) >= 11 is 0. The maximum absolute atomic E-state index is 12.1.